The Morgan fingerprint density at radius 2 is 2.00 bits per heavy atom. The molecule has 0 saturated heterocycles. The second-order valence-corrected chi connectivity index (χ2v) is 10.2. The number of benzene rings is 1. The molecule has 2 atom stereocenters. The number of rotatable bonds is 4. The van der Waals surface area contributed by atoms with Gasteiger partial charge in [-0.3, -0.25) is 14.7 Å². The third-order valence-electron chi connectivity index (χ3n) is 7.12. The van der Waals surface area contributed by atoms with E-state index in [-0.39, 0.29) is 18.8 Å². The lowest BCUT2D eigenvalue weighted by molar-refractivity contribution is 0.146. The fraction of sp³-hybridized carbons (Fsp3) is 0.407. The van der Waals surface area contributed by atoms with E-state index in [1.54, 1.807) is 11.8 Å². The van der Waals surface area contributed by atoms with Crippen LogP contribution in [-0.4, -0.2) is 78.2 Å². The Morgan fingerprint density at radius 1 is 1.18 bits per heavy atom. The number of aromatic nitrogens is 7. The van der Waals surface area contributed by atoms with Crippen LogP contribution < -0.4 is 4.74 Å². The first-order chi connectivity index (χ1) is 18.4. The number of aliphatic hydroxyl groups excluding tert-OH is 1. The van der Waals surface area contributed by atoms with Gasteiger partial charge in [-0.15, -0.1) is 0 Å². The maximum Gasteiger partial charge on any atom is 0.220 e. The number of aromatic amines is 1. The summed E-state index contributed by atoms with van der Waals surface area (Å²) < 4.78 is 15.7. The summed E-state index contributed by atoms with van der Waals surface area (Å²) in [6.07, 6.45) is 1.68. The Morgan fingerprint density at radius 3 is 2.79 bits per heavy atom. The molecule has 6 rings (SSSR count). The van der Waals surface area contributed by atoms with Gasteiger partial charge >= 0.3 is 0 Å². The fourth-order valence-electron chi connectivity index (χ4n) is 5.38. The molecule has 5 heterocycles. The number of methoxy groups -OCH3 is 1. The van der Waals surface area contributed by atoms with Crippen molar-refractivity contribution >= 4 is 21.9 Å². The van der Waals surface area contributed by atoms with Crippen LogP contribution >= 0.6 is 0 Å². The number of aliphatic hydroxyl groups is 1. The van der Waals surface area contributed by atoms with Gasteiger partial charge in [0.15, 0.2) is 5.65 Å². The summed E-state index contributed by atoms with van der Waals surface area (Å²) in [7, 11) is 5.61. The highest BCUT2D eigenvalue weighted by Gasteiger charge is 2.25. The first kappa shape index (κ1) is 24.5. The van der Waals surface area contributed by atoms with E-state index in [4.69, 9.17) is 19.7 Å². The van der Waals surface area contributed by atoms with Crippen molar-refractivity contribution in [1.82, 2.24) is 39.6 Å². The van der Waals surface area contributed by atoms with Gasteiger partial charge < -0.3 is 14.6 Å². The molecule has 38 heavy (non-hydrogen) atoms. The molecule has 0 radical (unpaired) electrons. The van der Waals surface area contributed by atoms with Crippen molar-refractivity contribution in [3.8, 4) is 28.3 Å². The molecule has 0 saturated carbocycles. The summed E-state index contributed by atoms with van der Waals surface area (Å²) in [5.41, 5.74) is 6.96. The van der Waals surface area contributed by atoms with Crippen molar-refractivity contribution in [2.45, 2.75) is 39.1 Å². The van der Waals surface area contributed by atoms with Crippen LogP contribution in [0.5, 0.6) is 5.88 Å². The van der Waals surface area contributed by atoms with Crippen molar-refractivity contribution in [1.29, 1.82) is 0 Å². The number of nitrogens with one attached hydrogen (secondary N) is 1. The van der Waals surface area contributed by atoms with E-state index in [9.17, 15) is 5.11 Å². The van der Waals surface area contributed by atoms with Gasteiger partial charge in [0, 0.05) is 55.3 Å². The van der Waals surface area contributed by atoms with Crippen molar-refractivity contribution in [2.75, 3.05) is 27.3 Å². The normalized spacial score (nSPS) is 17.1. The first-order valence-electron chi connectivity index (χ1n) is 12.7. The third-order valence-corrected chi connectivity index (χ3v) is 7.12. The zero-order chi connectivity index (χ0) is 26.6. The molecular weight excluding hydrogens is 484 g/mol. The summed E-state index contributed by atoms with van der Waals surface area (Å²) in [5.74, 6) is 0.668. The minimum Gasteiger partial charge on any atom is -0.473 e. The van der Waals surface area contributed by atoms with Crippen LogP contribution in [0.2, 0.25) is 0 Å². The topological polar surface area (TPSA) is 119 Å². The molecule has 2 N–H and O–H groups in total. The van der Waals surface area contributed by atoms with Crippen molar-refractivity contribution in [2.24, 2.45) is 7.05 Å². The minimum absolute atomic E-state index is 0.00375. The molecule has 0 aliphatic carbocycles. The lowest BCUT2D eigenvalue weighted by Gasteiger charge is -2.24. The number of hydrogen-bond acceptors (Lipinski definition) is 8. The molecule has 0 spiro atoms. The quantitative estimate of drug-likeness (QED) is 0.374. The number of hydrogen-bond donors (Lipinski definition) is 2. The lowest BCUT2D eigenvalue weighted by Crippen LogP contribution is -2.32. The van der Waals surface area contributed by atoms with E-state index >= 15 is 0 Å². The number of ether oxygens (including phenoxy) is 2. The Bertz CT molecular complexity index is 1630. The molecule has 1 aromatic carbocycles. The molecule has 5 aromatic rings. The number of nitrogens with zero attached hydrogens (tertiary/aromatic N) is 7. The van der Waals surface area contributed by atoms with E-state index in [0.717, 1.165) is 50.1 Å². The molecular formula is C27H32N8O3. The lowest BCUT2D eigenvalue weighted by atomic mass is 10.0. The molecule has 198 valence electrons. The van der Waals surface area contributed by atoms with Gasteiger partial charge in [-0.2, -0.15) is 15.3 Å². The van der Waals surface area contributed by atoms with E-state index < -0.39 is 0 Å². The summed E-state index contributed by atoms with van der Waals surface area (Å²) in [6, 6.07) is 8.16. The second kappa shape index (κ2) is 9.50. The number of H-pyrrole nitrogens is 1. The van der Waals surface area contributed by atoms with Crippen LogP contribution in [0.1, 0.15) is 31.3 Å². The number of aryl methyl sites for hydroxylation is 1. The van der Waals surface area contributed by atoms with E-state index in [0.29, 0.717) is 31.2 Å². The standard InChI is InChI=1S/C27H32N8O3/c1-15(13-36)35-23-12-33(3)11-16(2)38-27-24(22(14-37-5)31-34(27)4)18-9-20-25(29-30-26(20)28-10-18)17-6-7-21(32-35)19(23)8-17/h6-10,15-16,36H,11-14H2,1-5H3,(H,28,29,30)/t15-,16-/m0/s1. The second-order valence-electron chi connectivity index (χ2n) is 10.2. The number of fused-ring (bicyclic) bond motifs is 5. The average Bonchev–Trinajstić information content (AvgIpc) is 3.56. The molecule has 4 aromatic heterocycles. The van der Waals surface area contributed by atoms with Crippen molar-refractivity contribution in [3.05, 3.63) is 41.9 Å². The Hall–Kier alpha value is -3.80. The van der Waals surface area contributed by atoms with Crippen LogP contribution in [0.25, 0.3) is 44.3 Å². The van der Waals surface area contributed by atoms with E-state index in [1.165, 1.54) is 0 Å². The average molecular weight is 517 g/mol. The Balaban J connectivity index is 1.61. The third kappa shape index (κ3) is 4.03. The Kier molecular flexibility index (Phi) is 6.13. The largest absolute Gasteiger partial charge is 0.473 e. The van der Waals surface area contributed by atoms with Gasteiger partial charge in [-0.05, 0) is 39.1 Å². The highest BCUT2D eigenvalue weighted by atomic mass is 16.5. The van der Waals surface area contributed by atoms with Crippen molar-refractivity contribution in [3.63, 3.8) is 0 Å². The summed E-state index contributed by atoms with van der Waals surface area (Å²) in [4.78, 5) is 6.89. The molecule has 0 unspecified atom stereocenters. The predicted molar refractivity (Wildman–Crippen MR) is 144 cm³/mol. The molecule has 11 heteroatoms. The Labute approximate surface area is 220 Å². The number of likely N-dealkylation sites (N-methyl/N-ethyl adjacent to an activating group) is 1. The van der Waals surface area contributed by atoms with E-state index in [1.807, 2.05) is 37.0 Å². The van der Waals surface area contributed by atoms with Crippen LogP contribution in [0, 0.1) is 0 Å². The van der Waals surface area contributed by atoms with Gasteiger partial charge in [0.1, 0.15) is 6.10 Å². The zero-order valence-corrected chi connectivity index (χ0v) is 22.3. The summed E-state index contributed by atoms with van der Waals surface area (Å²) >= 11 is 0. The van der Waals surface area contributed by atoms with Gasteiger partial charge in [0.25, 0.3) is 0 Å². The van der Waals surface area contributed by atoms with Gasteiger partial charge in [-0.1, -0.05) is 6.07 Å². The first-order valence-corrected chi connectivity index (χ1v) is 12.7. The fourth-order valence-corrected chi connectivity index (χ4v) is 5.38. The molecule has 0 fully saturated rings. The van der Waals surface area contributed by atoms with Crippen LogP contribution in [0.3, 0.4) is 0 Å². The molecule has 1 aliphatic rings. The summed E-state index contributed by atoms with van der Waals surface area (Å²) in [5, 5.41) is 29.1. The highest BCUT2D eigenvalue weighted by Crippen LogP contribution is 2.38. The highest BCUT2D eigenvalue weighted by molar-refractivity contribution is 5.96. The minimum atomic E-state index is -0.152. The van der Waals surface area contributed by atoms with Crippen LogP contribution in [0.4, 0.5) is 0 Å². The molecule has 1 aliphatic heterocycles. The van der Waals surface area contributed by atoms with Gasteiger partial charge in [0.2, 0.25) is 5.88 Å². The van der Waals surface area contributed by atoms with Crippen molar-refractivity contribution < 1.29 is 14.6 Å². The smallest absolute Gasteiger partial charge is 0.220 e. The van der Waals surface area contributed by atoms with Gasteiger partial charge in [0.05, 0.1) is 47.4 Å². The maximum absolute atomic E-state index is 9.94. The SMILES string of the molecule is COCc1nn(C)c2c1-c1cnc3n[nH]c(c3c1)-c1ccc3nn([C@@H](C)CO)c(c3c1)CN(C)C[C@H](C)O2. The summed E-state index contributed by atoms with van der Waals surface area (Å²) in [6.45, 7) is 5.69. The maximum atomic E-state index is 9.94. The monoisotopic (exact) mass is 516 g/mol. The molecule has 0 amide bonds. The van der Waals surface area contributed by atoms with Crippen LogP contribution in [-0.2, 0) is 24.9 Å². The molecule has 4 bridgehead atoms. The predicted octanol–water partition coefficient (Wildman–Crippen LogP) is 3.29. The molecule has 11 nitrogen and oxygen atoms in total. The van der Waals surface area contributed by atoms with Gasteiger partial charge in [-0.25, -0.2) is 9.67 Å². The zero-order valence-electron chi connectivity index (χ0n) is 22.3. The van der Waals surface area contributed by atoms with E-state index in [2.05, 4.69) is 46.2 Å². The number of pyridine rings is 1. The van der Waals surface area contributed by atoms with Crippen LogP contribution in [0.15, 0.2) is 30.5 Å².